The van der Waals surface area contributed by atoms with E-state index in [1.165, 1.54) is 52.3 Å². The zero-order valence-corrected chi connectivity index (χ0v) is 15.3. The molecule has 0 radical (unpaired) electrons. The number of carbonyl (C=O) groups excluding carboxylic acids is 1. The minimum absolute atomic E-state index is 0.0564. The molecule has 0 saturated carbocycles. The largest absolute Gasteiger partial charge is 0.350 e. The Morgan fingerprint density at radius 1 is 1.00 bits per heavy atom. The maximum Gasteiger partial charge on any atom is 0.220 e. The first-order valence-corrected chi connectivity index (χ1v) is 9.58. The molecule has 0 saturated heterocycles. The summed E-state index contributed by atoms with van der Waals surface area (Å²) in [6.07, 6.45) is 4.91. The fraction of sp³-hybridized carbons (Fsp3) is 0.292. The van der Waals surface area contributed by atoms with Gasteiger partial charge in [-0.15, -0.1) is 0 Å². The van der Waals surface area contributed by atoms with Crippen molar-refractivity contribution < 1.29 is 4.79 Å². The molecular weight excluding hydrogens is 318 g/mol. The van der Waals surface area contributed by atoms with E-state index in [2.05, 4.69) is 72.9 Å². The number of benzene rings is 3. The molecule has 2 heteroatoms. The van der Waals surface area contributed by atoms with E-state index in [1.807, 2.05) is 0 Å². The highest BCUT2D eigenvalue weighted by Gasteiger charge is 2.15. The molecule has 0 heterocycles. The second-order valence-corrected chi connectivity index (χ2v) is 7.31. The van der Waals surface area contributed by atoms with Gasteiger partial charge in [0.1, 0.15) is 0 Å². The lowest BCUT2D eigenvalue weighted by atomic mass is 10.00. The quantitative estimate of drug-likeness (QED) is 0.683. The number of hydrogen-bond acceptors (Lipinski definition) is 1. The third-order valence-corrected chi connectivity index (χ3v) is 5.50. The molecule has 3 aromatic carbocycles. The van der Waals surface area contributed by atoms with Crippen molar-refractivity contribution in [3.8, 4) is 0 Å². The van der Waals surface area contributed by atoms with Crippen LogP contribution in [0.25, 0.3) is 10.8 Å². The summed E-state index contributed by atoms with van der Waals surface area (Å²) in [5.74, 6) is 0.117. The number of carbonyl (C=O) groups is 1. The van der Waals surface area contributed by atoms with Crippen LogP contribution in [-0.2, 0) is 24.1 Å². The Hall–Kier alpha value is -2.61. The highest BCUT2D eigenvalue weighted by Crippen LogP contribution is 2.25. The van der Waals surface area contributed by atoms with Gasteiger partial charge in [0.2, 0.25) is 5.91 Å². The van der Waals surface area contributed by atoms with E-state index in [1.54, 1.807) is 0 Å². The molecule has 2 nitrogen and oxygen atoms in total. The van der Waals surface area contributed by atoms with E-state index < -0.39 is 0 Å². The fourth-order valence-corrected chi connectivity index (χ4v) is 4.02. The Bertz CT molecular complexity index is 939. The molecule has 26 heavy (non-hydrogen) atoms. The lowest BCUT2D eigenvalue weighted by Crippen LogP contribution is -2.26. The van der Waals surface area contributed by atoms with Crippen LogP contribution in [0.2, 0.25) is 0 Å². The van der Waals surface area contributed by atoms with Gasteiger partial charge >= 0.3 is 0 Å². The topological polar surface area (TPSA) is 29.1 Å². The number of fused-ring (bicyclic) bond motifs is 2. The molecule has 1 amide bonds. The second kappa shape index (κ2) is 7.33. The summed E-state index contributed by atoms with van der Waals surface area (Å²) in [5, 5.41) is 5.64. The van der Waals surface area contributed by atoms with Crippen LogP contribution in [0.4, 0.5) is 0 Å². The van der Waals surface area contributed by atoms with Crippen molar-refractivity contribution in [3.05, 3.63) is 82.9 Å². The third kappa shape index (κ3) is 3.50. The molecule has 0 unspecified atom stereocenters. The van der Waals surface area contributed by atoms with Crippen molar-refractivity contribution in [1.82, 2.24) is 5.32 Å². The number of rotatable bonds is 5. The highest BCUT2D eigenvalue weighted by atomic mass is 16.1. The van der Waals surface area contributed by atoms with Crippen LogP contribution < -0.4 is 5.32 Å². The maximum atomic E-state index is 12.5. The number of aryl methyl sites for hydroxylation is 3. The predicted molar refractivity (Wildman–Crippen MR) is 107 cm³/mol. The van der Waals surface area contributed by atoms with E-state index in [0.29, 0.717) is 6.42 Å². The number of hydrogen-bond donors (Lipinski definition) is 1. The summed E-state index contributed by atoms with van der Waals surface area (Å²) in [6, 6.07) is 21.4. The zero-order valence-electron chi connectivity index (χ0n) is 15.3. The molecular formula is C24H25NO. The first kappa shape index (κ1) is 16.8. The average Bonchev–Trinajstić information content (AvgIpc) is 3.14. The molecule has 0 aliphatic heterocycles. The summed E-state index contributed by atoms with van der Waals surface area (Å²) < 4.78 is 0. The average molecular weight is 343 g/mol. The van der Waals surface area contributed by atoms with Crippen molar-refractivity contribution in [2.45, 2.75) is 45.1 Å². The van der Waals surface area contributed by atoms with Crippen LogP contribution >= 0.6 is 0 Å². The second-order valence-electron chi connectivity index (χ2n) is 7.31. The Morgan fingerprint density at radius 3 is 2.73 bits per heavy atom. The minimum Gasteiger partial charge on any atom is -0.350 e. The normalized spacial score (nSPS) is 14.2. The summed E-state index contributed by atoms with van der Waals surface area (Å²) in [5.41, 5.74) is 5.38. The first-order chi connectivity index (χ1) is 12.7. The Kier molecular flexibility index (Phi) is 4.75. The molecule has 1 aliphatic rings. The molecule has 132 valence electrons. The summed E-state index contributed by atoms with van der Waals surface area (Å²) in [6.45, 7) is 2.08. The minimum atomic E-state index is 0.0564. The lowest BCUT2D eigenvalue weighted by Gasteiger charge is -2.16. The van der Waals surface area contributed by atoms with Gasteiger partial charge in [-0.3, -0.25) is 4.79 Å². The molecule has 0 aromatic heterocycles. The Labute approximate surface area is 155 Å². The molecule has 3 aromatic rings. The van der Waals surface area contributed by atoms with Crippen LogP contribution in [0.5, 0.6) is 0 Å². The first-order valence-electron chi connectivity index (χ1n) is 9.58. The Balaban J connectivity index is 1.39. The van der Waals surface area contributed by atoms with Gasteiger partial charge in [-0.1, -0.05) is 60.7 Å². The third-order valence-electron chi connectivity index (χ3n) is 5.50. The summed E-state index contributed by atoms with van der Waals surface area (Å²) >= 11 is 0. The molecule has 4 rings (SSSR count). The molecule has 0 spiro atoms. The van der Waals surface area contributed by atoms with Gasteiger partial charge in [0, 0.05) is 6.42 Å². The molecule has 1 N–H and O–H groups in total. The Morgan fingerprint density at radius 2 is 1.81 bits per heavy atom. The van der Waals surface area contributed by atoms with Crippen molar-refractivity contribution in [1.29, 1.82) is 0 Å². The SMILES string of the molecule is C[C@@H](NC(=O)CCc1cccc2ccccc12)c1ccc2c(c1)CCC2. The maximum absolute atomic E-state index is 12.5. The van der Waals surface area contributed by atoms with Crippen LogP contribution in [0.15, 0.2) is 60.7 Å². The van der Waals surface area contributed by atoms with E-state index in [4.69, 9.17) is 0 Å². The molecule has 0 fully saturated rings. The fourth-order valence-electron chi connectivity index (χ4n) is 4.02. The van der Waals surface area contributed by atoms with Crippen LogP contribution in [0.3, 0.4) is 0 Å². The van der Waals surface area contributed by atoms with Gasteiger partial charge in [0.15, 0.2) is 0 Å². The molecule has 1 atom stereocenters. The van der Waals surface area contributed by atoms with Gasteiger partial charge < -0.3 is 5.32 Å². The van der Waals surface area contributed by atoms with Gasteiger partial charge in [-0.25, -0.2) is 0 Å². The zero-order chi connectivity index (χ0) is 17.9. The van der Waals surface area contributed by atoms with Crippen LogP contribution in [0, 0.1) is 0 Å². The van der Waals surface area contributed by atoms with Crippen molar-refractivity contribution in [3.63, 3.8) is 0 Å². The standard InChI is InChI=1S/C24H25NO/c1-17(21-13-12-18-7-4-10-22(18)16-21)25-24(26)15-14-20-9-5-8-19-6-2-3-11-23(19)20/h2-3,5-6,8-9,11-13,16-17H,4,7,10,14-15H2,1H3,(H,25,26)/t17-/m1/s1. The van der Waals surface area contributed by atoms with Crippen molar-refractivity contribution in [2.75, 3.05) is 0 Å². The summed E-state index contributed by atoms with van der Waals surface area (Å²) in [4.78, 5) is 12.5. The van der Waals surface area contributed by atoms with Crippen molar-refractivity contribution >= 4 is 16.7 Å². The van der Waals surface area contributed by atoms with Gasteiger partial charge in [-0.2, -0.15) is 0 Å². The van der Waals surface area contributed by atoms with Crippen LogP contribution in [-0.4, -0.2) is 5.91 Å². The van der Waals surface area contributed by atoms with E-state index in [0.717, 1.165) is 6.42 Å². The van der Waals surface area contributed by atoms with E-state index in [9.17, 15) is 4.79 Å². The number of nitrogens with one attached hydrogen (secondary N) is 1. The monoisotopic (exact) mass is 343 g/mol. The number of amides is 1. The molecule has 0 bridgehead atoms. The van der Waals surface area contributed by atoms with Gasteiger partial charge in [0.05, 0.1) is 6.04 Å². The molecule has 1 aliphatic carbocycles. The summed E-state index contributed by atoms with van der Waals surface area (Å²) in [7, 11) is 0. The van der Waals surface area contributed by atoms with E-state index >= 15 is 0 Å². The van der Waals surface area contributed by atoms with Gasteiger partial charge in [-0.05, 0) is 65.6 Å². The van der Waals surface area contributed by atoms with Gasteiger partial charge in [0.25, 0.3) is 0 Å². The highest BCUT2D eigenvalue weighted by molar-refractivity contribution is 5.86. The smallest absolute Gasteiger partial charge is 0.220 e. The van der Waals surface area contributed by atoms with E-state index in [-0.39, 0.29) is 11.9 Å². The van der Waals surface area contributed by atoms with Crippen molar-refractivity contribution in [2.24, 2.45) is 0 Å². The predicted octanol–water partition coefficient (Wildman–Crippen LogP) is 5.14. The van der Waals surface area contributed by atoms with Crippen LogP contribution in [0.1, 0.15) is 48.1 Å². The lowest BCUT2D eigenvalue weighted by molar-refractivity contribution is -0.121.